The Hall–Kier alpha value is -3.28. The molecule has 0 atom stereocenters. The summed E-state index contributed by atoms with van der Waals surface area (Å²) in [5.74, 6) is 0.526. The minimum Gasteiger partial charge on any atom is -0.494 e. The van der Waals surface area contributed by atoms with Crippen LogP contribution >= 0.6 is 0 Å². The van der Waals surface area contributed by atoms with Crippen LogP contribution in [0.15, 0.2) is 72.0 Å². The van der Waals surface area contributed by atoms with Gasteiger partial charge in [0.2, 0.25) is 0 Å². The molecule has 24 heavy (non-hydrogen) atoms. The van der Waals surface area contributed by atoms with Gasteiger partial charge in [0.05, 0.1) is 23.7 Å². The maximum atomic E-state index is 12.5. The first-order chi connectivity index (χ1) is 11.7. The quantitative estimate of drug-likeness (QED) is 0.831. The van der Waals surface area contributed by atoms with Crippen LogP contribution in [0.1, 0.15) is 6.92 Å². The fourth-order valence-corrected chi connectivity index (χ4v) is 2.26. The number of benzene rings is 2. The molecule has 0 aliphatic carbocycles. The van der Waals surface area contributed by atoms with E-state index in [4.69, 9.17) is 4.74 Å². The number of nitrogens with one attached hydrogen (secondary N) is 2. The van der Waals surface area contributed by atoms with Crippen LogP contribution in [0.5, 0.6) is 5.75 Å². The Morgan fingerprint density at radius 3 is 2.54 bits per heavy atom. The highest BCUT2D eigenvalue weighted by Crippen LogP contribution is 2.19. The number of hydrazone groups is 1. The predicted octanol–water partition coefficient (Wildman–Crippen LogP) is 2.92. The number of nitrogens with zero attached hydrogens (tertiary/aromatic N) is 2. The first-order valence-electron chi connectivity index (χ1n) is 7.61. The molecule has 0 bridgehead atoms. The van der Waals surface area contributed by atoms with Gasteiger partial charge in [-0.15, -0.1) is 0 Å². The summed E-state index contributed by atoms with van der Waals surface area (Å²) in [7, 11) is 0. The second-order valence-corrected chi connectivity index (χ2v) is 5.10. The molecule has 1 fully saturated rings. The van der Waals surface area contributed by atoms with Gasteiger partial charge in [-0.25, -0.2) is 5.01 Å². The largest absolute Gasteiger partial charge is 0.494 e. The number of hydrogen-bond donors (Lipinski definition) is 2. The first-order valence-corrected chi connectivity index (χ1v) is 7.61. The SMILES string of the molecule is C=C1NN(c2ccccc2)C(=O)C1=NNc1ccc(OCC)cc1. The van der Waals surface area contributed by atoms with Crippen LogP contribution in [-0.2, 0) is 4.79 Å². The highest BCUT2D eigenvalue weighted by molar-refractivity contribution is 6.51. The third-order valence-electron chi connectivity index (χ3n) is 3.41. The molecule has 1 aliphatic rings. The number of ether oxygens (including phenoxy) is 1. The molecule has 2 N–H and O–H groups in total. The fourth-order valence-electron chi connectivity index (χ4n) is 2.26. The van der Waals surface area contributed by atoms with Gasteiger partial charge in [-0.1, -0.05) is 24.8 Å². The van der Waals surface area contributed by atoms with E-state index >= 15 is 0 Å². The zero-order chi connectivity index (χ0) is 16.9. The molecular formula is C18H18N4O2. The third-order valence-corrected chi connectivity index (χ3v) is 3.41. The van der Waals surface area contributed by atoms with E-state index in [0.29, 0.717) is 12.3 Å². The highest BCUT2D eigenvalue weighted by atomic mass is 16.5. The van der Waals surface area contributed by atoms with E-state index in [1.807, 2.05) is 61.5 Å². The lowest BCUT2D eigenvalue weighted by atomic mass is 10.3. The Bertz CT molecular complexity index is 769. The van der Waals surface area contributed by atoms with Crippen molar-refractivity contribution in [2.24, 2.45) is 5.10 Å². The molecular weight excluding hydrogens is 304 g/mol. The number of carbonyl (C=O) groups excluding carboxylic acids is 1. The number of rotatable bonds is 5. The molecule has 2 aromatic rings. The molecule has 1 aliphatic heterocycles. The maximum absolute atomic E-state index is 12.5. The summed E-state index contributed by atoms with van der Waals surface area (Å²) in [6.07, 6.45) is 0. The molecule has 1 heterocycles. The van der Waals surface area contributed by atoms with Gasteiger partial charge in [0.25, 0.3) is 5.91 Å². The molecule has 6 heteroatoms. The van der Waals surface area contributed by atoms with Crippen molar-refractivity contribution in [3.8, 4) is 5.75 Å². The third kappa shape index (κ3) is 3.22. The summed E-state index contributed by atoms with van der Waals surface area (Å²) in [5, 5.41) is 5.60. The molecule has 0 saturated carbocycles. The van der Waals surface area contributed by atoms with Crippen molar-refractivity contribution in [3.63, 3.8) is 0 Å². The number of hydrazine groups is 1. The van der Waals surface area contributed by atoms with E-state index in [0.717, 1.165) is 17.1 Å². The topological polar surface area (TPSA) is 66.0 Å². The first kappa shape index (κ1) is 15.6. The lowest BCUT2D eigenvalue weighted by Crippen LogP contribution is -2.34. The lowest BCUT2D eigenvalue weighted by Gasteiger charge is -2.14. The normalized spacial score (nSPS) is 15.5. The number of carbonyl (C=O) groups is 1. The number of para-hydroxylation sites is 1. The van der Waals surface area contributed by atoms with Crippen LogP contribution in [0.4, 0.5) is 11.4 Å². The van der Waals surface area contributed by atoms with E-state index in [-0.39, 0.29) is 11.6 Å². The van der Waals surface area contributed by atoms with Crippen LogP contribution in [-0.4, -0.2) is 18.2 Å². The van der Waals surface area contributed by atoms with E-state index in [9.17, 15) is 4.79 Å². The Morgan fingerprint density at radius 1 is 1.17 bits per heavy atom. The summed E-state index contributed by atoms with van der Waals surface area (Å²) in [5.41, 5.74) is 7.98. The second kappa shape index (κ2) is 6.87. The van der Waals surface area contributed by atoms with Crippen molar-refractivity contribution in [2.75, 3.05) is 17.0 Å². The molecule has 0 unspecified atom stereocenters. The molecule has 3 rings (SSSR count). The smallest absolute Gasteiger partial charge is 0.299 e. The van der Waals surface area contributed by atoms with Crippen LogP contribution in [0.3, 0.4) is 0 Å². The van der Waals surface area contributed by atoms with E-state index in [2.05, 4.69) is 22.5 Å². The summed E-state index contributed by atoms with van der Waals surface area (Å²) in [4.78, 5) is 12.5. The van der Waals surface area contributed by atoms with Crippen molar-refractivity contribution in [1.29, 1.82) is 0 Å². The van der Waals surface area contributed by atoms with Crippen molar-refractivity contribution in [3.05, 3.63) is 66.9 Å². The zero-order valence-electron chi connectivity index (χ0n) is 13.3. The number of anilines is 2. The van der Waals surface area contributed by atoms with Gasteiger partial charge >= 0.3 is 0 Å². The van der Waals surface area contributed by atoms with Crippen molar-refractivity contribution in [2.45, 2.75) is 6.92 Å². The summed E-state index contributed by atoms with van der Waals surface area (Å²) >= 11 is 0. The van der Waals surface area contributed by atoms with Crippen molar-refractivity contribution >= 4 is 23.0 Å². The Kier molecular flexibility index (Phi) is 4.47. The van der Waals surface area contributed by atoms with Gasteiger partial charge in [0, 0.05) is 0 Å². The molecule has 2 aromatic carbocycles. The van der Waals surface area contributed by atoms with Gasteiger partial charge in [0.15, 0.2) is 5.71 Å². The second-order valence-electron chi connectivity index (χ2n) is 5.10. The Morgan fingerprint density at radius 2 is 1.88 bits per heavy atom. The zero-order valence-corrected chi connectivity index (χ0v) is 13.3. The standard InChI is InChI=1S/C18H18N4O2/c1-3-24-16-11-9-14(10-12-16)19-20-17-13(2)21-22(18(17)23)15-7-5-4-6-8-15/h4-12,19,21H,2-3H2,1H3. The van der Waals surface area contributed by atoms with E-state index in [1.165, 1.54) is 5.01 Å². The molecule has 1 saturated heterocycles. The van der Waals surface area contributed by atoms with Gasteiger partial charge in [0.1, 0.15) is 5.75 Å². The summed E-state index contributed by atoms with van der Waals surface area (Å²) in [6.45, 7) is 6.40. The highest BCUT2D eigenvalue weighted by Gasteiger charge is 2.32. The van der Waals surface area contributed by atoms with E-state index < -0.39 is 0 Å². The van der Waals surface area contributed by atoms with Gasteiger partial charge in [-0.05, 0) is 43.3 Å². The maximum Gasteiger partial charge on any atom is 0.299 e. The Labute approximate surface area is 140 Å². The fraction of sp³-hybridized carbons (Fsp3) is 0.111. The lowest BCUT2D eigenvalue weighted by molar-refractivity contribution is -0.112. The average molecular weight is 322 g/mol. The van der Waals surface area contributed by atoms with Gasteiger partial charge in [-0.2, -0.15) is 5.10 Å². The molecule has 0 aromatic heterocycles. The van der Waals surface area contributed by atoms with Gasteiger partial charge in [-0.3, -0.25) is 15.6 Å². The van der Waals surface area contributed by atoms with Crippen LogP contribution in [0, 0.1) is 0 Å². The van der Waals surface area contributed by atoms with Crippen molar-refractivity contribution in [1.82, 2.24) is 5.43 Å². The van der Waals surface area contributed by atoms with Gasteiger partial charge < -0.3 is 4.74 Å². The average Bonchev–Trinajstić information content (AvgIpc) is 2.90. The Balaban J connectivity index is 1.73. The number of hydrogen-bond acceptors (Lipinski definition) is 5. The van der Waals surface area contributed by atoms with E-state index in [1.54, 1.807) is 0 Å². The van der Waals surface area contributed by atoms with Crippen molar-refractivity contribution < 1.29 is 9.53 Å². The predicted molar refractivity (Wildman–Crippen MR) is 94.9 cm³/mol. The molecule has 0 radical (unpaired) electrons. The summed E-state index contributed by atoms with van der Waals surface area (Å²) in [6, 6.07) is 16.6. The minimum atomic E-state index is -0.260. The molecule has 0 spiro atoms. The summed E-state index contributed by atoms with van der Waals surface area (Å²) < 4.78 is 5.39. The number of amides is 1. The van der Waals surface area contributed by atoms with Crippen LogP contribution < -0.4 is 20.6 Å². The molecule has 6 nitrogen and oxygen atoms in total. The van der Waals surface area contributed by atoms with Crippen LogP contribution in [0.25, 0.3) is 0 Å². The molecule has 122 valence electrons. The molecule has 1 amide bonds. The van der Waals surface area contributed by atoms with Crippen LogP contribution in [0.2, 0.25) is 0 Å². The monoisotopic (exact) mass is 322 g/mol. The minimum absolute atomic E-state index is 0.243.